The van der Waals surface area contributed by atoms with Gasteiger partial charge in [0.05, 0.1) is 5.75 Å². The second-order valence-electron chi connectivity index (χ2n) is 6.90. The Kier molecular flexibility index (Phi) is 6.69. The first-order chi connectivity index (χ1) is 13.8. The molecule has 2 N–H and O–H groups in total. The molecule has 2 aromatic rings. The Morgan fingerprint density at radius 3 is 2.31 bits per heavy atom. The van der Waals surface area contributed by atoms with E-state index in [0.717, 1.165) is 0 Å². The predicted molar refractivity (Wildman–Crippen MR) is 108 cm³/mol. The number of nitrogens with one attached hydrogen (secondary N) is 1. The molecule has 0 unspecified atom stereocenters. The molecule has 0 spiro atoms. The van der Waals surface area contributed by atoms with Crippen LogP contribution in [-0.2, 0) is 15.8 Å². The molecule has 1 amide bonds. The van der Waals surface area contributed by atoms with Gasteiger partial charge in [-0.2, -0.15) is 0 Å². The smallest absolute Gasteiger partial charge is 0.274 e. The molecule has 0 bridgehead atoms. The number of halogens is 1. The van der Waals surface area contributed by atoms with E-state index in [-0.39, 0.29) is 36.1 Å². The van der Waals surface area contributed by atoms with Gasteiger partial charge >= 0.3 is 0 Å². The van der Waals surface area contributed by atoms with E-state index >= 15 is 0 Å². The molecule has 29 heavy (non-hydrogen) atoms. The Morgan fingerprint density at radius 2 is 1.69 bits per heavy atom. The number of sulfonamides is 1. The van der Waals surface area contributed by atoms with Crippen LogP contribution in [0.2, 0.25) is 5.02 Å². The minimum Gasteiger partial charge on any atom is -0.294 e. The van der Waals surface area contributed by atoms with E-state index in [1.165, 1.54) is 15.9 Å². The summed E-state index contributed by atoms with van der Waals surface area (Å²) in [5, 5.41) is 9.40. The van der Waals surface area contributed by atoms with Gasteiger partial charge in [-0.15, -0.1) is 0 Å². The van der Waals surface area contributed by atoms with Crippen LogP contribution in [0.3, 0.4) is 0 Å². The zero-order valence-electron chi connectivity index (χ0n) is 15.5. The Bertz CT molecular complexity index is 1000. The molecular formula is C20H21ClN2O5S. The number of hydrogen-bond acceptors (Lipinski definition) is 5. The molecule has 9 heteroatoms. The Balaban J connectivity index is 1.66. The van der Waals surface area contributed by atoms with Gasteiger partial charge in [0.2, 0.25) is 10.0 Å². The summed E-state index contributed by atoms with van der Waals surface area (Å²) < 4.78 is 27.0. The standard InChI is InChI=1S/C20H21ClN2O5S/c21-17-7-5-14(6-8-17)19(24)15-9-11-23(12-10-15)29(27,28)13-16-3-1-2-4-18(16)20(25)22-26/h1-8,15,26H,9-13H2,(H,22,25). The number of carbonyl (C=O) groups is 2. The first-order valence-corrected chi connectivity index (χ1v) is 11.1. The van der Waals surface area contributed by atoms with Crippen LogP contribution in [0.1, 0.15) is 39.1 Å². The zero-order valence-corrected chi connectivity index (χ0v) is 17.1. The quantitative estimate of drug-likeness (QED) is 0.411. The fraction of sp³-hybridized carbons (Fsp3) is 0.300. The van der Waals surface area contributed by atoms with Crippen molar-refractivity contribution in [1.82, 2.24) is 9.79 Å². The van der Waals surface area contributed by atoms with Crippen molar-refractivity contribution in [3.05, 3.63) is 70.2 Å². The lowest BCUT2D eigenvalue weighted by molar-refractivity contribution is 0.0705. The van der Waals surface area contributed by atoms with E-state index in [1.807, 2.05) is 0 Å². The van der Waals surface area contributed by atoms with Gasteiger partial charge in [-0.05, 0) is 48.7 Å². The Hall–Kier alpha value is -2.26. The zero-order chi connectivity index (χ0) is 21.0. The number of Topliss-reactive ketones (excluding diaryl/α,β-unsaturated/α-hetero) is 1. The van der Waals surface area contributed by atoms with Gasteiger partial charge in [-0.3, -0.25) is 14.8 Å². The highest BCUT2D eigenvalue weighted by molar-refractivity contribution is 7.88. The summed E-state index contributed by atoms with van der Waals surface area (Å²) in [4.78, 5) is 24.4. The van der Waals surface area contributed by atoms with Crippen LogP contribution in [0.15, 0.2) is 48.5 Å². The first kappa shape index (κ1) is 21.4. The van der Waals surface area contributed by atoms with E-state index < -0.39 is 15.9 Å². The molecule has 3 rings (SSSR count). The number of nitrogens with zero attached hydrogens (tertiary/aromatic N) is 1. The van der Waals surface area contributed by atoms with Gasteiger partial charge in [-0.25, -0.2) is 18.2 Å². The molecular weight excluding hydrogens is 416 g/mol. The van der Waals surface area contributed by atoms with E-state index in [9.17, 15) is 18.0 Å². The molecule has 7 nitrogen and oxygen atoms in total. The van der Waals surface area contributed by atoms with Crippen LogP contribution in [-0.4, -0.2) is 42.7 Å². The van der Waals surface area contributed by atoms with Crippen LogP contribution < -0.4 is 5.48 Å². The minimum absolute atomic E-state index is 0.0105. The average Bonchev–Trinajstić information content (AvgIpc) is 2.73. The van der Waals surface area contributed by atoms with Crippen LogP contribution in [0.25, 0.3) is 0 Å². The molecule has 0 saturated carbocycles. The summed E-state index contributed by atoms with van der Waals surface area (Å²) in [5.74, 6) is -1.37. The van der Waals surface area contributed by atoms with Crippen molar-refractivity contribution in [2.75, 3.05) is 13.1 Å². The third kappa shape index (κ3) is 5.02. The molecule has 1 aliphatic rings. The van der Waals surface area contributed by atoms with Gasteiger partial charge < -0.3 is 0 Å². The summed E-state index contributed by atoms with van der Waals surface area (Å²) in [6, 6.07) is 12.9. The van der Waals surface area contributed by atoms with Crippen molar-refractivity contribution >= 4 is 33.3 Å². The van der Waals surface area contributed by atoms with Gasteiger partial charge in [0.1, 0.15) is 0 Å². The highest BCUT2D eigenvalue weighted by atomic mass is 35.5. The summed E-state index contributed by atoms with van der Waals surface area (Å²) in [6.45, 7) is 0.474. The van der Waals surface area contributed by atoms with Crippen LogP contribution in [0, 0.1) is 5.92 Å². The summed E-state index contributed by atoms with van der Waals surface area (Å²) in [5.41, 5.74) is 2.51. The largest absolute Gasteiger partial charge is 0.294 e. The number of carbonyl (C=O) groups excluding carboxylic acids is 2. The van der Waals surface area contributed by atoms with Crippen LogP contribution in [0.5, 0.6) is 0 Å². The number of rotatable bonds is 6. The van der Waals surface area contributed by atoms with Gasteiger partial charge in [0.15, 0.2) is 5.78 Å². The fourth-order valence-corrected chi connectivity index (χ4v) is 5.18. The molecule has 154 valence electrons. The normalized spacial score (nSPS) is 15.8. The van der Waals surface area contributed by atoms with Crippen molar-refractivity contribution in [2.45, 2.75) is 18.6 Å². The van der Waals surface area contributed by atoms with E-state index in [4.69, 9.17) is 16.8 Å². The van der Waals surface area contributed by atoms with Crippen molar-refractivity contribution in [3.63, 3.8) is 0 Å². The first-order valence-electron chi connectivity index (χ1n) is 9.12. The monoisotopic (exact) mass is 436 g/mol. The molecule has 0 atom stereocenters. The lowest BCUT2D eigenvalue weighted by Gasteiger charge is -2.30. The third-order valence-electron chi connectivity index (χ3n) is 5.05. The number of amides is 1. The number of piperidine rings is 1. The highest BCUT2D eigenvalue weighted by Crippen LogP contribution is 2.26. The van der Waals surface area contributed by atoms with Crippen molar-refractivity contribution in [2.24, 2.45) is 5.92 Å². The third-order valence-corrected chi connectivity index (χ3v) is 7.13. The number of hydrogen-bond donors (Lipinski definition) is 2. The van der Waals surface area contributed by atoms with Crippen molar-refractivity contribution in [1.29, 1.82) is 0 Å². The molecule has 1 heterocycles. The molecule has 1 fully saturated rings. The number of benzene rings is 2. The van der Waals surface area contributed by atoms with Gasteiger partial charge in [0.25, 0.3) is 5.91 Å². The molecule has 1 saturated heterocycles. The summed E-state index contributed by atoms with van der Waals surface area (Å²) >= 11 is 5.85. The molecule has 2 aromatic carbocycles. The predicted octanol–water partition coefficient (Wildman–Crippen LogP) is 2.88. The van der Waals surface area contributed by atoms with Gasteiger partial charge in [0, 0.05) is 35.2 Å². The van der Waals surface area contributed by atoms with E-state index in [0.29, 0.717) is 29.0 Å². The molecule has 0 aromatic heterocycles. The SMILES string of the molecule is O=C(NO)c1ccccc1CS(=O)(=O)N1CCC(C(=O)c2ccc(Cl)cc2)CC1. The maximum Gasteiger partial charge on any atom is 0.274 e. The second-order valence-corrected chi connectivity index (χ2v) is 9.30. The maximum absolute atomic E-state index is 12.8. The van der Waals surface area contributed by atoms with Crippen molar-refractivity contribution in [3.8, 4) is 0 Å². The lowest BCUT2D eigenvalue weighted by atomic mass is 9.90. The van der Waals surface area contributed by atoms with Crippen LogP contribution in [0.4, 0.5) is 0 Å². The topological polar surface area (TPSA) is 104 Å². The number of hydroxylamine groups is 1. The Morgan fingerprint density at radius 1 is 1.07 bits per heavy atom. The van der Waals surface area contributed by atoms with Crippen molar-refractivity contribution < 1.29 is 23.2 Å². The second kappa shape index (κ2) is 9.04. The van der Waals surface area contributed by atoms with E-state index in [2.05, 4.69) is 0 Å². The average molecular weight is 437 g/mol. The van der Waals surface area contributed by atoms with Gasteiger partial charge in [-0.1, -0.05) is 29.8 Å². The van der Waals surface area contributed by atoms with E-state index in [1.54, 1.807) is 42.5 Å². The number of ketones is 1. The molecule has 0 aliphatic carbocycles. The summed E-state index contributed by atoms with van der Waals surface area (Å²) in [7, 11) is -3.68. The lowest BCUT2D eigenvalue weighted by Crippen LogP contribution is -2.41. The molecule has 1 aliphatic heterocycles. The fourth-order valence-electron chi connectivity index (χ4n) is 3.46. The minimum atomic E-state index is -3.68. The van der Waals surface area contributed by atoms with Crippen LogP contribution >= 0.6 is 11.6 Å². The molecule has 0 radical (unpaired) electrons. The maximum atomic E-state index is 12.8. The summed E-state index contributed by atoms with van der Waals surface area (Å²) in [6.07, 6.45) is 0.860. The Labute approximate surface area is 174 Å². The highest BCUT2D eigenvalue weighted by Gasteiger charge is 2.32.